The molecule has 0 radical (unpaired) electrons. The van der Waals surface area contributed by atoms with E-state index in [1.165, 1.54) is 11.3 Å². The number of thiophene rings is 1. The Bertz CT molecular complexity index is 1090. The zero-order valence-electron chi connectivity index (χ0n) is 15.9. The minimum absolute atomic E-state index is 0.321. The summed E-state index contributed by atoms with van der Waals surface area (Å²) in [6, 6.07) is 7.59. The van der Waals surface area contributed by atoms with Crippen LogP contribution in [0.25, 0.3) is 16.7 Å². The molecule has 2 heterocycles. The SMILES string of the molecule is CC/C=N\N=C(/C)c1sc(C2=CC(N)NC=C2)c(C#N)c1-c1ccc(Cl)cc1Cl. The van der Waals surface area contributed by atoms with Gasteiger partial charge in [-0.25, -0.2) is 0 Å². The number of allylic oxidation sites excluding steroid dienone is 2. The number of nitrogens with one attached hydrogen (secondary N) is 1. The van der Waals surface area contributed by atoms with Crippen LogP contribution < -0.4 is 11.1 Å². The van der Waals surface area contributed by atoms with E-state index in [9.17, 15) is 5.26 Å². The van der Waals surface area contributed by atoms with Gasteiger partial charge in [-0.15, -0.1) is 11.3 Å². The Morgan fingerprint density at radius 3 is 2.86 bits per heavy atom. The lowest BCUT2D eigenvalue weighted by Crippen LogP contribution is -2.33. The van der Waals surface area contributed by atoms with Gasteiger partial charge in [0.05, 0.1) is 27.2 Å². The van der Waals surface area contributed by atoms with E-state index in [0.29, 0.717) is 21.3 Å². The van der Waals surface area contributed by atoms with Crippen LogP contribution in [0.15, 0.2) is 46.8 Å². The van der Waals surface area contributed by atoms with Crippen molar-refractivity contribution in [1.82, 2.24) is 5.32 Å². The molecule has 1 aliphatic heterocycles. The first kappa shape index (κ1) is 21.3. The van der Waals surface area contributed by atoms with Crippen molar-refractivity contribution in [1.29, 1.82) is 5.26 Å². The molecule has 0 spiro atoms. The Morgan fingerprint density at radius 2 is 2.21 bits per heavy atom. The molecule has 0 fully saturated rings. The molecule has 1 aromatic heterocycles. The lowest BCUT2D eigenvalue weighted by molar-refractivity contribution is 0.730. The summed E-state index contributed by atoms with van der Waals surface area (Å²) in [5.41, 5.74) is 9.54. The predicted molar refractivity (Wildman–Crippen MR) is 124 cm³/mol. The van der Waals surface area contributed by atoms with Crippen LogP contribution in [0.4, 0.5) is 0 Å². The van der Waals surface area contributed by atoms with Crippen LogP contribution >= 0.6 is 34.5 Å². The van der Waals surface area contributed by atoms with Crippen LogP contribution in [-0.4, -0.2) is 18.1 Å². The molecule has 148 valence electrons. The molecule has 0 aliphatic carbocycles. The lowest BCUT2D eigenvalue weighted by Gasteiger charge is -2.14. The number of dihydropyridines is 1. The third kappa shape index (κ3) is 4.60. The molecular formula is C21H19Cl2N5S. The molecule has 3 N–H and O–H groups in total. The number of benzene rings is 1. The summed E-state index contributed by atoms with van der Waals surface area (Å²) in [6.45, 7) is 3.86. The average Bonchev–Trinajstić information content (AvgIpc) is 3.07. The molecule has 1 aliphatic rings. The Balaban J connectivity index is 2.29. The number of nitrogens with two attached hydrogens (primary N) is 1. The normalized spacial score (nSPS) is 16.6. The van der Waals surface area contributed by atoms with Crippen molar-refractivity contribution in [3.8, 4) is 17.2 Å². The minimum Gasteiger partial charge on any atom is -0.373 e. The highest BCUT2D eigenvalue weighted by Crippen LogP contribution is 2.43. The van der Waals surface area contributed by atoms with Gasteiger partial charge in [-0.1, -0.05) is 36.2 Å². The minimum atomic E-state index is -0.321. The predicted octanol–water partition coefficient (Wildman–Crippen LogP) is 5.58. The molecule has 8 heteroatoms. The molecule has 1 atom stereocenters. The Kier molecular flexibility index (Phi) is 6.88. The maximum absolute atomic E-state index is 10.0. The molecular weight excluding hydrogens is 425 g/mol. The van der Waals surface area contributed by atoms with Gasteiger partial charge in [0.2, 0.25) is 0 Å². The second-order valence-corrected chi connectivity index (χ2v) is 8.15. The van der Waals surface area contributed by atoms with E-state index in [1.54, 1.807) is 24.5 Å². The molecule has 5 nitrogen and oxygen atoms in total. The van der Waals surface area contributed by atoms with E-state index in [-0.39, 0.29) is 6.17 Å². The van der Waals surface area contributed by atoms with Crippen molar-refractivity contribution in [2.24, 2.45) is 15.9 Å². The zero-order chi connectivity index (χ0) is 21.0. The summed E-state index contributed by atoms with van der Waals surface area (Å²) >= 11 is 14.0. The zero-order valence-corrected chi connectivity index (χ0v) is 18.2. The van der Waals surface area contributed by atoms with Crippen molar-refractivity contribution in [3.63, 3.8) is 0 Å². The summed E-state index contributed by atoms with van der Waals surface area (Å²) < 4.78 is 0. The van der Waals surface area contributed by atoms with Crippen molar-refractivity contribution in [2.75, 3.05) is 0 Å². The highest BCUT2D eigenvalue weighted by atomic mass is 35.5. The lowest BCUT2D eigenvalue weighted by atomic mass is 9.97. The highest BCUT2D eigenvalue weighted by molar-refractivity contribution is 7.16. The summed E-state index contributed by atoms with van der Waals surface area (Å²) in [5, 5.41) is 22.4. The monoisotopic (exact) mass is 443 g/mol. The van der Waals surface area contributed by atoms with Crippen molar-refractivity contribution in [3.05, 3.63) is 61.9 Å². The number of nitriles is 1. The first-order valence-corrected chi connectivity index (χ1v) is 10.5. The molecule has 29 heavy (non-hydrogen) atoms. The quantitative estimate of drug-likeness (QED) is 0.466. The van der Waals surface area contributed by atoms with E-state index in [2.05, 4.69) is 21.6 Å². The van der Waals surface area contributed by atoms with E-state index in [4.69, 9.17) is 28.9 Å². The Labute approximate surface area is 183 Å². The molecule has 0 saturated carbocycles. The van der Waals surface area contributed by atoms with Crippen molar-refractivity contribution < 1.29 is 0 Å². The second-order valence-electron chi connectivity index (χ2n) is 6.29. The van der Waals surface area contributed by atoms with Gasteiger partial charge in [-0.05, 0) is 49.4 Å². The number of nitrogens with zero attached hydrogens (tertiary/aromatic N) is 3. The number of rotatable bonds is 5. The fourth-order valence-electron chi connectivity index (χ4n) is 2.90. The van der Waals surface area contributed by atoms with Crippen LogP contribution in [-0.2, 0) is 0 Å². The van der Waals surface area contributed by atoms with Gasteiger partial charge in [0.1, 0.15) is 6.07 Å². The van der Waals surface area contributed by atoms with Gasteiger partial charge in [0, 0.05) is 27.4 Å². The Hall–Kier alpha value is -2.43. The van der Waals surface area contributed by atoms with Gasteiger partial charge in [-0.3, -0.25) is 0 Å². The molecule has 3 rings (SSSR count). The van der Waals surface area contributed by atoms with Crippen LogP contribution in [0, 0.1) is 11.3 Å². The van der Waals surface area contributed by atoms with Crippen molar-refractivity contribution in [2.45, 2.75) is 26.4 Å². The van der Waals surface area contributed by atoms with Crippen LogP contribution in [0.1, 0.15) is 35.6 Å². The largest absolute Gasteiger partial charge is 0.373 e. The summed E-state index contributed by atoms with van der Waals surface area (Å²) in [6.07, 6.45) is 7.75. The molecule has 2 aromatic rings. The van der Waals surface area contributed by atoms with Gasteiger partial charge in [-0.2, -0.15) is 15.5 Å². The van der Waals surface area contributed by atoms with Crippen LogP contribution in [0.3, 0.4) is 0 Å². The topological polar surface area (TPSA) is 86.6 Å². The van der Waals surface area contributed by atoms with E-state index in [0.717, 1.165) is 32.9 Å². The maximum atomic E-state index is 10.0. The number of halogens is 2. The third-order valence-corrected chi connectivity index (χ3v) is 6.09. The fourth-order valence-corrected chi connectivity index (χ4v) is 4.61. The fraction of sp³-hybridized carbons (Fsp3) is 0.190. The summed E-state index contributed by atoms with van der Waals surface area (Å²) in [4.78, 5) is 1.64. The number of hydrogen-bond acceptors (Lipinski definition) is 6. The molecule has 0 amide bonds. The van der Waals surface area contributed by atoms with Crippen molar-refractivity contribution >= 4 is 52.0 Å². The van der Waals surface area contributed by atoms with Crippen LogP contribution in [0.2, 0.25) is 10.0 Å². The first-order valence-electron chi connectivity index (χ1n) is 8.95. The molecule has 1 unspecified atom stereocenters. The molecule has 1 aromatic carbocycles. The van der Waals surface area contributed by atoms with E-state index < -0.39 is 0 Å². The standard InChI is InChI=1S/C21H19Cl2N5S/c1-3-7-27-28-12(2)20-19(15-5-4-14(22)10-17(15)23)16(11-24)21(29-20)13-6-8-26-18(25)9-13/h4-10,18,26H,3,25H2,1-2H3/b27-7-,28-12+. The molecule has 0 saturated heterocycles. The Morgan fingerprint density at radius 1 is 1.41 bits per heavy atom. The highest BCUT2D eigenvalue weighted by Gasteiger charge is 2.25. The second kappa shape index (κ2) is 9.38. The third-order valence-electron chi connectivity index (χ3n) is 4.19. The first-order chi connectivity index (χ1) is 14.0. The summed E-state index contributed by atoms with van der Waals surface area (Å²) in [7, 11) is 0. The van der Waals surface area contributed by atoms with Gasteiger partial charge in [0.15, 0.2) is 0 Å². The smallest absolute Gasteiger partial charge is 0.101 e. The van der Waals surface area contributed by atoms with E-state index >= 15 is 0 Å². The van der Waals surface area contributed by atoms with E-state index in [1.807, 2.05) is 32.1 Å². The molecule has 0 bridgehead atoms. The van der Waals surface area contributed by atoms with Gasteiger partial charge >= 0.3 is 0 Å². The maximum Gasteiger partial charge on any atom is 0.101 e. The van der Waals surface area contributed by atoms with Gasteiger partial charge < -0.3 is 11.1 Å². The summed E-state index contributed by atoms with van der Waals surface area (Å²) in [5.74, 6) is 0. The van der Waals surface area contributed by atoms with Crippen LogP contribution in [0.5, 0.6) is 0 Å². The average molecular weight is 444 g/mol. The number of hydrogen-bond donors (Lipinski definition) is 2. The van der Waals surface area contributed by atoms with Gasteiger partial charge in [0.25, 0.3) is 0 Å².